The molecule has 1 aliphatic rings. The van der Waals surface area contributed by atoms with Crippen molar-refractivity contribution in [2.24, 2.45) is 0 Å². The summed E-state index contributed by atoms with van der Waals surface area (Å²) in [6, 6.07) is 6.91. The van der Waals surface area contributed by atoms with Crippen LogP contribution in [0.5, 0.6) is 0 Å². The first-order valence-corrected chi connectivity index (χ1v) is 8.43. The third-order valence-electron chi connectivity index (χ3n) is 3.85. The van der Waals surface area contributed by atoms with E-state index < -0.39 is 5.60 Å². The number of likely N-dealkylation sites (tertiary alicyclic amines) is 1. The minimum Gasteiger partial charge on any atom is -0.444 e. The quantitative estimate of drug-likeness (QED) is 0.751. The Morgan fingerprint density at radius 3 is 2.61 bits per heavy atom. The van der Waals surface area contributed by atoms with Crippen molar-refractivity contribution < 1.29 is 14.3 Å². The monoisotopic (exact) mass is 337 g/mol. The van der Waals surface area contributed by atoms with Gasteiger partial charge >= 0.3 is 6.09 Å². The Balaban J connectivity index is 2.08. The van der Waals surface area contributed by atoms with Gasteiger partial charge in [0.15, 0.2) is 5.78 Å². The molecule has 1 saturated heterocycles. The van der Waals surface area contributed by atoms with E-state index in [2.05, 4.69) is 0 Å². The van der Waals surface area contributed by atoms with Crippen molar-refractivity contribution >= 4 is 23.5 Å². The molecule has 126 valence electrons. The van der Waals surface area contributed by atoms with Crippen LogP contribution in [0, 0.1) is 0 Å². The van der Waals surface area contributed by atoms with Crippen molar-refractivity contribution in [1.82, 2.24) is 4.90 Å². The Morgan fingerprint density at radius 1 is 1.26 bits per heavy atom. The molecule has 1 aliphatic heterocycles. The van der Waals surface area contributed by atoms with Gasteiger partial charge in [-0.15, -0.1) is 0 Å². The minimum absolute atomic E-state index is 0.0314. The molecule has 1 heterocycles. The minimum atomic E-state index is -0.536. The summed E-state index contributed by atoms with van der Waals surface area (Å²) in [4.78, 5) is 26.6. The number of hydrogen-bond donors (Lipinski definition) is 0. The second-order valence-corrected chi connectivity index (χ2v) is 7.34. The number of carbonyl (C=O) groups is 2. The molecule has 0 aliphatic carbocycles. The first-order chi connectivity index (χ1) is 10.8. The SMILES string of the molecule is CC(C)(C)OC(=O)N1CCCCC1CC(=O)c1ccccc1Cl. The van der Waals surface area contributed by atoms with Crippen LogP contribution in [0.25, 0.3) is 0 Å². The predicted molar refractivity (Wildman–Crippen MR) is 91.0 cm³/mol. The molecular weight excluding hydrogens is 314 g/mol. The van der Waals surface area contributed by atoms with Crippen molar-refractivity contribution in [3.05, 3.63) is 34.9 Å². The fourth-order valence-electron chi connectivity index (χ4n) is 2.78. The zero-order valence-electron chi connectivity index (χ0n) is 14.0. The molecule has 0 N–H and O–H groups in total. The lowest BCUT2D eigenvalue weighted by atomic mass is 9.95. The molecule has 1 fully saturated rings. The highest BCUT2D eigenvalue weighted by molar-refractivity contribution is 6.33. The van der Waals surface area contributed by atoms with Gasteiger partial charge in [0.25, 0.3) is 0 Å². The average Bonchev–Trinajstić information content (AvgIpc) is 2.46. The second-order valence-electron chi connectivity index (χ2n) is 6.93. The van der Waals surface area contributed by atoms with E-state index in [1.165, 1.54) is 0 Å². The molecule has 0 bridgehead atoms. The molecule has 2 rings (SSSR count). The fourth-order valence-corrected chi connectivity index (χ4v) is 3.03. The van der Waals surface area contributed by atoms with E-state index in [9.17, 15) is 9.59 Å². The summed E-state index contributed by atoms with van der Waals surface area (Å²) in [5.74, 6) is -0.0314. The topological polar surface area (TPSA) is 46.6 Å². The Kier molecular flexibility index (Phi) is 5.69. The van der Waals surface area contributed by atoms with Crippen LogP contribution in [0.4, 0.5) is 4.79 Å². The smallest absolute Gasteiger partial charge is 0.410 e. The first-order valence-electron chi connectivity index (χ1n) is 8.05. The Morgan fingerprint density at radius 2 is 1.96 bits per heavy atom. The maximum Gasteiger partial charge on any atom is 0.410 e. The summed E-state index contributed by atoms with van der Waals surface area (Å²) in [5, 5.41) is 0.456. The van der Waals surface area contributed by atoms with Crippen LogP contribution in [-0.2, 0) is 4.74 Å². The number of ketones is 1. The Bertz CT molecular complexity index is 580. The van der Waals surface area contributed by atoms with Gasteiger partial charge in [0.1, 0.15) is 5.60 Å². The molecule has 4 nitrogen and oxygen atoms in total. The lowest BCUT2D eigenvalue weighted by Gasteiger charge is -2.36. The molecular formula is C18H24ClNO3. The van der Waals surface area contributed by atoms with Crippen LogP contribution in [0.15, 0.2) is 24.3 Å². The number of piperidine rings is 1. The van der Waals surface area contributed by atoms with Gasteiger partial charge in [-0.05, 0) is 52.2 Å². The number of Topliss-reactive ketones (excluding diaryl/α,β-unsaturated/α-hetero) is 1. The standard InChI is InChI=1S/C18H24ClNO3/c1-18(2,3)23-17(22)20-11-7-6-8-13(20)12-16(21)14-9-4-5-10-15(14)19/h4-5,9-10,13H,6-8,11-12H2,1-3H3. The van der Waals surface area contributed by atoms with E-state index in [1.54, 1.807) is 29.2 Å². The van der Waals surface area contributed by atoms with Crippen LogP contribution in [-0.4, -0.2) is 35.0 Å². The van der Waals surface area contributed by atoms with Crippen molar-refractivity contribution in [3.63, 3.8) is 0 Å². The molecule has 0 radical (unpaired) electrons. The molecule has 23 heavy (non-hydrogen) atoms. The normalized spacial score (nSPS) is 18.6. The predicted octanol–water partition coefficient (Wildman–Crippen LogP) is 4.70. The second kappa shape index (κ2) is 7.35. The van der Waals surface area contributed by atoms with Gasteiger partial charge in [-0.1, -0.05) is 23.7 Å². The van der Waals surface area contributed by atoms with E-state index in [4.69, 9.17) is 16.3 Å². The third kappa shape index (κ3) is 4.96. The summed E-state index contributed by atoms with van der Waals surface area (Å²) >= 11 is 6.10. The number of ether oxygens (including phenoxy) is 1. The molecule has 1 unspecified atom stereocenters. The van der Waals surface area contributed by atoms with Crippen LogP contribution in [0.1, 0.15) is 56.8 Å². The zero-order valence-corrected chi connectivity index (χ0v) is 14.7. The molecule has 1 aromatic rings. The molecule has 0 spiro atoms. The van der Waals surface area contributed by atoms with Gasteiger partial charge in [-0.3, -0.25) is 4.79 Å². The van der Waals surface area contributed by atoms with E-state index in [-0.39, 0.29) is 24.3 Å². The van der Waals surface area contributed by atoms with Gasteiger partial charge in [0, 0.05) is 24.6 Å². The van der Waals surface area contributed by atoms with Gasteiger partial charge < -0.3 is 9.64 Å². The molecule has 0 saturated carbocycles. The van der Waals surface area contributed by atoms with Crippen LogP contribution in [0.2, 0.25) is 5.02 Å². The maximum atomic E-state index is 12.5. The van der Waals surface area contributed by atoms with Crippen LogP contribution < -0.4 is 0 Å². The van der Waals surface area contributed by atoms with Crippen LogP contribution >= 0.6 is 11.6 Å². The number of halogens is 1. The number of rotatable bonds is 3. The largest absolute Gasteiger partial charge is 0.444 e. The van der Waals surface area contributed by atoms with Crippen molar-refractivity contribution in [2.75, 3.05) is 6.54 Å². The van der Waals surface area contributed by atoms with Crippen molar-refractivity contribution in [2.45, 2.75) is 58.1 Å². The van der Waals surface area contributed by atoms with Crippen molar-refractivity contribution in [1.29, 1.82) is 0 Å². The Hall–Kier alpha value is -1.55. The van der Waals surface area contributed by atoms with E-state index >= 15 is 0 Å². The molecule has 5 heteroatoms. The fraction of sp³-hybridized carbons (Fsp3) is 0.556. The highest BCUT2D eigenvalue weighted by Crippen LogP contribution is 2.25. The summed E-state index contributed by atoms with van der Waals surface area (Å²) < 4.78 is 5.47. The molecule has 1 amide bonds. The number of benzene rings is 1. The molecule has 1 aromatic carbocycles. The summed E-state index contributed by atoms with van der Waals surface area (Å²) in [6.07, 6.45) is 2.71. The van der Waals surface area contributed by atoms with Gasteiger partial charge in [0.2, 0.25) is 0 Å². The summed E-state index contributed by atoms with van der Waals surface area (Å²) in [7, 11) is 0. The van der Waals surface area contributed by atoms with Gasteiger partial charge in [-0.2, -0.15) is 0 Å². The molecule has 1 atom stereocenters. The number of carbonyl (C=O) groups excluding carboxylic acids is 2. The zero-order chi connectivity index (χ0) is 17.0. The van der Waals surface area contributed by atoms with E-state index in [0.29, 0.717) is 17.1 Å². The van der Waals surface area contributed by atoms with Crippen molar-refractivity contribution in [3.8, 4) is 0 Å². The average molecular weight is 338 g/mol. The lowest BCUT2D eigenvalue weighted by Crippen LogP contribution is -2.46. The summed E-state index contributed by atoms with van der Waals surface area (Å²) in [6.45, 7) is 6.17. The first kappa shape index (κ1) is 17.8. The number of amides is 1. The van der Waals surface area contributed by atoms with E-state index in [0.717, 1.165) is 19.3 Å². The Labute approximate surface area is 142 Å². The van der Waals surface area contributed by atoms with Gasteiger partial charge in [0.05, 0.1) is 5.02 Å². The highest BCUT2D eigenvalue weighted by Gasteiger charge is 2.32. The summed E-state index contributed by atoms with van der Waals surface area (Å²) in [5.41, 5.74) is -0.0184. The van der Waals surface area contributed by atoms with E-state index in [1.807, 2.05) is 20.8 Å². The maximum absolute atomic E-state index is 12.5. The lowest BCUT2D eigenvalue weighted by molar-refractivity contribution is 0.00946. The number of nitrogens with zero attached hydrogens (tertiary/aromatic N) is 1. The molecule has 0 aromatic heterocycles. The van der Waals surface area contributed by atoms with Crippen LogP contribution in [0.3, 0.4) is 0 Å². The third-order valence-corrected chi connectivity index (χ3v) is 4.18. The number of hydrogen-bond acceptors (Lipinski definition) is 3. The van der Waals surface area contributed by atoms with Gasteiger partial charge in [-0.25, -0.2) is 4.79 Å². The highest BCUT2D eigenvalue weighted by atomic mass is 35.5.